The second-order valence-electron chi connectivity index (χ2n) is 4.77. The summed E-state index contributed by atoms with van der Waals surface area (Å²) in [6.45, 7) is 8.89. The van der Waals surface area contributed by atoms with Crippen LogP contribution in [0.3, 0.4) is 0 Å². The molecule has 0 fully saturated rings. The highest BCUT2D eigenvalue weighted by Gasteiger charge is 2.25. The lowest BCUT2D eigenvalue weighted by Crippen LogP contribution is -2.33. The minimum atomic E-state index is -3.38. The van der Waals surface area contributed by atoms with Crippen molar-refractivity contribution in [1.82, 2.24) is 4.31 Å². The summed E-state index contributed by atoms with van der Waals surface area (Å²) in [6.07, 6.45) is 1.65. The monoisotopic (exact) mass is 347 g/mol. The Balaban J connectivity index is 3.28. The van der Waals surface area contributed by atoms with Crippen molar-refractivity contribution in [2.75, 3.05) is 13.1 Å². The summed E-state index contributed by atoms with van der Waals surface area (Å²) in [5.41, 5.74) is 1.73. The van der Waals surface area contributed by atoms with Gasteiger partial charge < -0.3 is 0 Å². The molecule has 0 amide bonds. The number of hydrogen-bond acceptors (Lipinski definition) is 2. The molecule has 0 aliphatic rings. The van der Waals surface area contributed by atoms with Crippen molar-refractivity contribution >= 4 is 26.0 Å². The molecule has 3 nitrogen and oxygen atoms in total. The van der Waals surface area contributed by atoms with Crippen molar-refractivity contribution in [3.05, 3.63) is 27.7 Å². The number of sulfonamides is 1. The van der Waals surface area contributed by atoms with Crippen LogP contribution in [0.4, 0.5) is 0 Å². The molecule has 0 aliphatic carbocycles. The van der Waals surface area contributed by atoms with Gasteiger partial charge in [-0.05, 0) is 49.9 Å². The lowest BCUT2D eigenvalue weighted by Gasteiger charge is -2.22. The molecule has 1 aromatic rings. The van der Waals surface area contributed by atoms with Crippen molar-refractivity contribution < 1.29 is 8.42 Å². The van der Waals surface area contributed by atoms with Crippen LogP contribution in [0.15, 0.2) is 21.5 Å². The molecule has 19 heavy (non-hydrogen) atoms. The highest BCUT2D eigenvalue weighted by molar-refractivity contribution is 9.10. The van der Waals surface area contributed by atoms with Gasteiger partial charge in [0.1, 0.15) is 0 Å². The number of rotatable bonds is 6. The van der Waals surface area contributed by atoms with E-state index in [4.69, 9.17) is 0 Å². The Hall–Kier alpha value is -0.390. The van der Waals surface area contributed by atoms with Crippen LogP contribution in [0, 0.1) is 13.8 Å². The smallest absolute Gasteiger partial charge is 0.207 e. The molecule has 0 radical (unpaired) electrons. The zero-order valence-corrected chi connectivity index (χ0v) is 14.4. The van der Waals surface area contributed by atoms with Gasteiger partial charge in [-0.1, -0.05) is 29.8 Å². The minimum absolute atomic E-state index is 0.426. The zero-order chi connectivity index (χ0) is 14.6. The van der Waals surface area contributed by atoms with Crippen LogP contribution in [-0.2, 0) is 10.0 Å². The number of nitrogens with zero attached hydrogens (tertiary/aromatic N) is 1. The van der Waals surface area contributed by atoms with E-state index < -0.39 is 10.0 Å². The van der Waals surface area contributed by atoms with Gasteiger partial charge in [0, 0.05) is 17.6 Å². The maximum absolute atomic E-state index is 12.7. The molecule has 0 unspecified atom stereocenters. The number of hydrogen-bond donors (Lipinski definition) is 0. The normalized spacial score (nSPS) is 12.1. The van der Waals surface area contributed by atoms with Crippen molar-refractivity contribution in [3.63, 3.8) is 0 Å². The minimum Gasteiger partial charge on any atom is -0.207 e. The van der Waals surface area contributed by atoms with Gasteiger partial charge in [0.15, 0.2) is 0 Å². The molecule has 0 aliphatic heterocycles. The van der Waals surface area contributed by atoms with Crippen molar-refractivity contribution in [1.29, 1.82) is 0 Å². The molecule has 0 spiro atoms. The van der Waals surface area contributed by atoms with Gasteiger partial charge in [0.05, 0.1) is 4.90 Å². The first-order valence-electron chi connectivity index (χ1n) is 6.61. The predicted octanol–water partition coefficient (Wildman–Crippen LogP) is 3.88. The van der Waals surface area contributed by atoms with Crippen LogP contribution in [0.25, 0.3) is 0 Å². The Morgan fingerprint density at radius 1 is 1.05 bits per heavy atom. The zero-order valence-electron chi connectivity index (χ0n) is 12.0. The molecular weight excluding hydrogens is 326 g/mol. The molecule has 0 saturated heterocycles. The van der Waals surface area contributed by atoms with Gasteiger partial charge in [-0.25, -0.2) is 8.42 Å². The second kappa shape index (κ2) is 6.86. The standard InChI is InChI=1S/C14H22BrNO2S/c1-5-7-16(8-6-2)19(17,18)14-10-11(3)13(15)9-12(14)4/h9-10H,5-8H2,1-4H3. The highest BCUT2D eigenvalue weighted by Crippen LogP contribution is 2.26. The van der Waals surface area contributed by atoms with Crippen molar-refractivity contribution in [3.8, 4) is 0 Å². The van der Waals surface area contributed by atoms with Crippen LogP contribution in [0.5, 0.6) is 0 Å². The van der Waals surface area contributed by atoms with Gasteiger partial charge >= 0.3 is 0 Å². The van der Waals surface area contributed by atoms with Crippen LogP contribution < -0.4 is 0 Å². The average Bonchev–Trinajstić information content (AvgIpc) is 2.33. The fraction of sp³-hybridized carbons (Fsp3) is 0.571. The average molecular weight is 348 g/mol. The maximum Gasteiger partial charge on any atom is 0.243 e. The largest absolute Gasteiger partial charge is 0.243 e. The molecular formula is C14H22BrNO2S. The van der Waals surface area contributed by atoms with Gasteiger partial charge in [-0.15, -0.1) is 0 Å². The third-order valence-electron chi connectivity index (χ3n) is 3.02. The van der Waals surface area contributed by atoms with E-state index in [2.05, 4.69) is 15.9 Å². The van der Waals surface area contributed by atoms with E-state index in [-0.39, 0.29) is 0 Å². The molecule has 1 aromatic carbocycles. The summed E-state index contributed by atoms with van der Waals surface area (Å²) < 4.78 is 27.9. The van der Waals surface area contributed by atoms with Crippen molar-refractivity contribution in [2.24, 2.45) is 0 Å². The van der Waals surface area contributed by atoms with Crippen LogP contribution >= 0.6 is 15.9 Å². The van der Waals surface area contributed by atoms with E-state index in [1.165, 1.54) is 0 Å². The molecule has 0 heterocycles. The van der Waals surface area contributed by atoms with Crippen LogP contribution in [0.2, 0.25) is 0 Å². The Kier molecular flexibility index (Phi) is 6.02. The van der Waals surface area contributed by atoms with E-state index >= 15 is 0 Å². The number of benzene rings is 1. The fourth-order valence-corrected chi connectivity index (χ4v) is 4.40. The van der Waals surface area contributed by atoms with E-state index in [1.807, 2.05) is 33.8 Å². The molecule has 0 bridgehead atoms. The molecule has 0 saturated carbocycles. The third kappa shape index (κ3) is 3.80. The van der Waals surface area contributed by atoms with Crippen LogP contribution in [0.1, 0.15) is 37.8 Å². The number of halogens is 1. The van der Waals surface area contributed by atoms with Crippen LogP contribution in [-0.4, -0.2) is 25.8 Å². The summed E-state index contributed by atoms with van der Waals surface area (Å²) in [5.74, 6) is 0. The lowest BCUT2D eigenvalue weighted by molar-refractivity contribution is 0.409. The Bertz CT molecular complexity index is 535. The first kappa shape index (κ1) is 16.7. The van der Waals surface area contributed by atoms with Gasteiger partial charge in [0.2, 0.25) is 10.0 Å². The van der Waals surface area contributed by atoms with Crippen molar-refractivity contribution in [2.45, 2.75) is 45.4 Å². The maximum atomic E-state index is 12.7. The predicted molar refractivity (Wildman–Crippen MR) is 83.0 cm³/mol. The van der Waals surface area contributed by atoms with E-state index in [0.717, 1.165) is 28.4 Å². The highest BCUT2D eigenvalue weighted by atomic mass is 79.9. The summed E-state index contributed by atoms with van der Waals surface area (Å²) in [5, 5.41) is 0. The Labute approximate surface area is 125 Å². The van der Waals surface area contributed by atoms with E-state index in [1.54, 1.807) is 10.4 Å². The van der Waals surface area contributed by atoms with E-state index in [0.29, 0.717) is 18.0 Å². The third-order valence-corrected chi connectivity index (χ3v) is 5.92. The molecule has 0 N–H and O–H groups in total. The lowest BCUT2D eigenvalue weighted by atomic mass is 10.2. The molecule has 1 rings (SSSR count). The molecule has 0 atom stereocenters. The Morgan fingerprint density at radius 3 is 2.05 bits per heavy atom. The fourth-order valence-electron chi connectivity index (χ4n) is 2.02. The molecule has 108 valence electrons. The molecule has 0 aromatic heterocycles. The van der Waals surface area contributed by atoms with Gasteiger partial charge in [-0.3, -0.25) is 0 Å². The quantitative estimate of drug-likeness (QED) is 0.782. The van der Waals surface area contributed by atoms with Gasteiger partial charge in [0.25, 0.3) is 0 Å². The summed E-state index contributed by atoms with van der Waals surface area (Å²) in [7, 11) is -3.38. The summed E-state index contributed by atoms with van der Waals surface area (Å²) in [4.78, 5) is 0.426. The number of aryl methyl sites for hydroxylation is 2. The Morgan fingerprint density at radius 2 is 1.58 bits per heavy atom. The summed E-state index contributed by atoms with van der Waals surface area (Å²) in [6, 6.07) is 3.63. The second-order valence-corrected chi connectivity index (χ2v) is 7.53. The van der Waals surface area contributed by atoms with Gasteiger partial charge in [-0.2, -0.15) is 4.31 Å². The first-order valence-corrected chi connectivity index (χ1v) is 8.84. The SMILES string of the molecule is CCCN(CCC)S(=O)(=O)c1cc(C)c(Br)cc1C. The summed E-state index contributed by atoms with van der Waals surface area (Å²) >= 11 is 3.44. The topological polar surface area (TPSA) is 37.4 Å². The molecule has 5 heteroatoms. The first-order chi connectivity index (χ1) is 8.84. The van der Waals surface area contributed by atoms with E-state index in [9.17, 15) is 8.42 Å².